The van der Waals surface area contributed by atoms with Gasteiger partial charge in [0.25, 0.3) is 0 Å². The van der Waals surface area contributed by atoms with Gasteiger partial charge in [-0.15, -0.1) is 0 Å². The van der Waals surface area contributed by atoms with Crippen molar-refractivity contribution in [1.29, 1.82) is 0 Å². The van der Waals surface area contributed by atoms with Gasteiger partial charge in [0.15, 0.2) is 11.6 Å². The van der Waals surface area contributed by atoms with Crippen molar-refractivity contribution in [2.75, 3.05) is 0 Å². The van der Waals surface area contributed by atoms with E-state index in [9.17, 15) is 17.6 Å². The summed E-state index contributed by atoms with van der Waals surface area (Å²) in [5.41, 5.74) is 1.39. The third kappa shape index (κ3) is 3.71. The first kappa shape index (κ1) is 16.0. The molecule has 3 aromatic rings. The summed E-state index contributed by atoms with van der Waals surface area (Å²) in [6.07, 6.45) is 2.94. The largest absolute Gasteiger partial charge is 0.486 e. The van der Waals surface area contributed by atoms with Crippen LogP contribution >= 0.6 is 0 Å². The molecule has 0 bridgehead atoms. The predicted molar refractivity (Wildman–Crippen MR) is 80.3 cm³/mol. The van der Waals surface area contributed by atoms with Crippen LogP contribution < -0.4 is 4.74 Å². The summed E-state index contributed by atoms with van der Waals surface area (Å²) in [5.74, 6) is -3.00. The second-order valence-corrected chi connectivity index (χ2v) is 5.10. The summed E-state index contributed by atoms with van der Waals surface area (Å²) in [6.45, 7) is -0.0266. The molecule has 0 N–H and O–H groups in total. The normalized spacial score (nSPS) is 10.7. The van der Waals surface area contributed by atoms with Crippen molar-refractivity contribution < 1.29 is 22.3 Å². The average Bonchev–Trinajstić information content (AvgIpc) is 2.53. The number of halogens is 4. The summed E-state index contributed by atoms with van der Waals surface area (Å²) >= 11 is 0. The lowest BCUT2D eigenvalue weighted by Crippen LogP contribution is -1.99. The van der Waals surface area contributed by atoms with Gasteiger partial charge in [0.2, 0.25) is 0 Å². The quantitative estimate of drug-likeness (QED) is 0.635. The minimum absolute atomic E-state index is 0.0266. The smallest absolute Gasteiger partial charge is 0.167 e. The van der Waals surface area contributed by atoms with E-state index in [4.69, 9.17) is 4.74 Å². The van der Waals surface area contributed by atoms with Gasteiger partial charge in [0.05, 0.1) is 0 Å². The van der Waals surface area contributed by atoms with Crippen LogP contribution in [-0.4, -0.2) is 4.98 Å². The number of benzene rings is 2. The van der Waals surface area contributed by atoms with Crippen molar-refractivity contribution in [2.24, 2.45) is 0 Å². The maximum atomic E-state index is 13.5. The molecule has 6 heteroatoms. The minimum atomic E-state index is -0.814. The Bertz CT molecular complexity index is 862. The van der Waals surface area contributed by atoms with Crippen molar-refractivity contribution in [2.45, 2.75) is 6.61 Å². The van der Waals surface area contributed by atoms with Crippen LogP contribution in [0.4, 0.5) is 17.6 Å². The van der Waals surface area contributed by atoms with Gasteiger partial charge in [0.1, 0.15) is 24.1 Å². The van der Waals surface area contributed by atoms with E-state index in [2.05, 4.69) is 4.98 Å². The van der Waals surface area contributed by atoms with Crippen molar-refractivity contribution in [3.05, 3.63) is 83.7 Å². The molecule has 0 saturated heterocycles. The Hall–Kier alpha value is -2.89. The molecule has 122 valence electrons. The summed E-state index contributed by atoms with van der Waals surface area (Å²) in [5, 5.41) is 0. The van der Waals surface area contributed by atoms with Gasteiger partial charge in [0, 0.05) is 35.7 Å². The summed E-state index contributed by atoms with van der Waals surface area (Å²) in [7, 11) is 0. The lowest BCUT2D eigenvalue weighted by molar-refractivity contribution is 0.289. The Morgan fingerprint density at radius 1 is 0.750 bits per heavy atom. The molecule has 24 heavy (non-hydrogen) atoms. The van der Waals surface area contributed by atoms with Gasteiger partial charge in [-0.1, -0.05) is 0 Å². The van der Waals surface area contributed by atoms with Gasteiger partial charge >= 0.3 is 0 Å². The molecule has 0 aliphatic carbocycles. The fraction of sp³-hybridized carbons (Fsp3) is 0.0556. The van der Waals surface area contributed by atoms with Crippen LogP contribution in [0, 0.1) is 23.3 Å². The highest BCUT2D eigenvalue weighted by Crippen LogP contribution is 2.23. The molecular weight excluding hydrogens is 322 g/mol. The molecule has 0 spiro atoms. The second kappa shape index (κ2) is 6.70. The minimum Gasteiger partial charge on any atom is -0.486 e. The average molecular weight is 333 g/mol. The zero-order valence-corrected chi connectivity index (χ0v) is 12.3. The van der Waals surface area contributed by atoms with Crippen LogP contribution in [-0.2, 0) is 6.61 Å². The first-order chi connectivity index (χ1) is 11.5. The number of aromatic nitrogens is 1. The van der Waals surface area contributed by atoms with E-state index in [-0.39, 0.29) is 12.4 Å². The molecule has 1 heterocycles. The number of hydrogen-bond donors (Lipinski definition) is 0. The van der Waals surface area contributed by atoms with E-state index in [1.165, 1.54) is 30.6 Å². The Morgan fingerprint density at radius 3 is 2.21 bits per heavy atom. The Morgan fingerprint density at radius 2 is 1.50 bits per heavy atom. The van der Waals surface area contributed by atoms with Crippen LogP contribution in [0.3, 0.4) is 0 Å². The number of pyridine rings is 1. The topological polar surface area (TPSA) is 22.1 Å². The molecule has 0 fully saturated rings. The highest BCUT2D eigenvalue weighted by Gasteiger charge is 2.08. The van der Waals surface area contributed by atoms with E-state index in [0.717, 1.165) is 18.2 Å². The third-order valence-corrected chi connectivity index (χ3v) is 3.28. The van der Waals surface area contributed by atoms with E-state index >= 15 is 0 Å². The molecular formula is C18H11F4NO. The van der Waals surface area contributed by atoms with Crippen LogP contribution in [0.25, 0.3) is 11.1 Å². The monoisotopic (exact) mass is 333 g/mol. The number of rotatable bonds is 4. The molecule has 2 nitrogen and oxygen atoms in total. The highest BCUT2D eigenvalue weighted by atomic mass is 19.1. The van der Waals surface area contributed by atoms with Gasteiger partial charge in [-0.2, -0.15) is 0 Å². The summed E-state index contributed by atoms with van der Waals surface area (Å²) in [4.78, 5) is 3.99. The van der Waals surface area contributed by atoms with Crippen molar-refractivity contribution in [3.8, 4) is 16.9 Å². The highest BCUT2D eigenvalue weighted by molar-refractivity contribution is 5.63. The Balaban J connectivity index is 1.80. The van der Waals surface area contributed by atoms with Gasteiger partial charge in [-0.05, 0) is 35.9 Å². The zero-order chi connectivity index (χ0) is 17.1. The van der Waals surface area contributed by atoms with Gasteiger partial charge in [-0.3, -0.25) is 4.98 Å². The first-order valence-corrected chi connectivity index (χ1v) is 6.99. The van der Waals surface area contributed by atoms with Crippen molar-refractivity contribution in [1.82, 2.24) is 4.98 Å². The fourth-order valence-corrected chi connectivity index (χ4v) is 2.20. The molecule has 2 aromatic carbocycles. The molecule has 0 aliphatic rings. The SMILES string of the molecule is Fc1cc(F)cc(-c2cncc(COc3ccc(F)cc3F)c2)c1. The third-order valence-electron chi connectivity index (χ3n) is 3.28. The second-order valence-electron chi connectivity index (χ2n) is 5.10. The predicted octanol–water partition coefficient (Wildman–Crippen LogP) is 4.88. The number of ether oxygens (including phenoxy) is 1. The Labute approximate surface area is 135 Å². The van der Waals surface area contributed by atoms with E-state index in [0.29, 0.717) is 16.7 Å². The summed E-state index contributed by atoms with van der Waals surface area (Å²) in [6, 6.07) is 7.77. The van der Waals surface area contributed by atoms with Crippen LogP contribution in [0.1, 0.15) is 5.56 Å². The first-order valence-electron chi connectivity index (χ1n) is 6.99. The van der Waals surface area contributed by atoms with Crippen LogP contribution in [0.5, 0.6) is 5.75 Å². The number of hydrogen-bond acceptors (Lipinski definition) is 2. The molecule has 0 amide bonds. The van der Waals surface area contributed by atoms with Gasteiger partial charge in [-0.25, -0.2) is 17.6 Å². The van der Waals surface area contributed by atoms with Gasteiger partial charge < -0.3 is 4.74 Å². The molecule has 3 rings (SSSR count). The fourth-order valence-electron chi connectivity index (χ4n) is 2.20. The van der Waals surface area contributed by atoms with Crippen molar-refractivity contribution >= 4 is 0 Å². The Kier molecular flexibility index (Phi) is 4.46. The molecule has 0 aliphatic heterocycles. The maximum absolute atomic E-state index is 13.5. The summed E-state index contributed by atoms with van der Waals surface area (Å²) < 4.78 is 58.3. The molecule has 0 saturated carbocycles. The van der Waals surface area contributed by atoms with E-state index in [1.807, 2.05) is 0 Å². The molecule has 0 radical (unpaired) electrons. The molecule has 0 atom stereocenters. The lowest BCUT2D eigenvalue weighted by Gasteiger charge is -2.09. The number of nitrogens with zero attached hydrogens (tertiary/aromatic N) is 1. The molecule has 1 aromatic heterocycles. The van der Waals surface area contributed by atoms with E-state index in [1.54, 1.807) is 6.07 Å². The lowest BCUT2D eigenvalue weighted by atomic mass is 10.1. The van der Waals surface area contributed by atoms with E-state index < -0.39 is 23.3 Å². The van der Waals surface area contributed by atoms with Crippen molar-refractivity contribution in [3.63, 3.8) is 0 Å². The van der Waals surface area contributed by atoms with Crippen LogP contribution in [0.15, 0.2) is 54.9 Å². The molecule has 0 unspecified atom stereocenters. The standard InChI is InChI=1S/C18H11F4NO/c19-14-1-2-18(17(22)7-14)24-10-11-3-13(9-23-8-11)12-4-15(20)6-16(21)5-12/h1-9H,10H2. The maximum Gasteiger partial charge on any atom is 0.167 e. The zero-order valence-electron chi connectivity index (χ0n) is 12.3. The van der Waals surface area contributed by atoms with Crippen LogP contribution in [0.2, 0.25) is 0 Å².